The number of nitrogens with two attached hydrogens (primary N) is 1. The summed E-state index contributed by atoms with van der Waals surface area (Å²) in [4.78, 5) is 3.99. The highest BCUT2D eigenvalue weighted by atomic mass is 16.3. The van der Waals surface area contributed by atoms with Crippen molar-refractivity contribution in [1.82, 2.24) is 4.98 Å². The molecule has 3 heteroatoms. The van der Waals surface area contributed by atoms with E-state index in [9.17, 15) is 5.11 Å². The van der Waals surface area contributed by atoms with E-state index in [-0.39, 0.29) is 0 Å². The van der Waals surface area contributed by atoms with Crippen molar-refractivity contribution in [2.24, 2.45) is 0 Å². The van der Waals surface area contributed by atoms with E-state index in [2.05, 4.69) is 30.1 Å². The van der Waals surface area contributed by atoms with Gasteiger partial charge < -0.3 is 10.8 Å². The maximum Gasteiger partial charge on any atom is 0.123 e. The quantitative estimate of drug-likeness (QED) is 0.865. The zero-order chi connectivity index (χ0) is 13.5. The van der Waals surface area contributed by atoms with Crippen LogP contribution in [0.5, 0.6) is 0 Å². The summed E-state index contributed by atoms with van der Waals surface area (Å²) in [6.45, 7) is 2.06. The second-order valence-electron chi connectivity index (χ2n) is 5.46. The van der Waals surface area contributed by atoms with Gasteiger partial charge in [0.2, 0.25) is 0 Å². The fourth-order valence-corrected chi connectivity index (χ4v) is 2.94. The van der Waals surface area contributed by atoms with Gasteiger partial charge in [-0.1, -0.05) is 23.8 Å². The summed E-state index contributed by atoms with van der Waals surface area (Å²) >= 11 is 0. The molecule has 3 rings (SSSR count). The van der Waals surface area contributed by atoms with Crippen LogP contribution in [-0.4, -0.2) is 10.1 Å². The molecule has 0 amide bonds. The molecule has 0 spiro atoms. The lowest BCUT2D eigenvalue weighted by Gasteiger charge is -2.24. The molecule has 2 aromatic rings. The van der Waals surface area contributed by atoms with Crippen molar-refractivity contribution in [3.8, 4) is 0 Å². The van der Waals surface area contributed by atoms with Crippen LogP contribution in [-0.2, 0) is 18.4 Å². The smallest absolute Gasteiger partial charge is 0.123 e. The zero-order valence-corrected chi connectivity index (χ0v) is 11.1. The molecule has 1 aromatic heterocycles. The second kappa shape index (κ2) is 4.35. The van der Waals surface area contributed by atoms with Crippen molar-refractivity contribution in [3.05, 3.63) is 58.8 Å². The Morgan fingerprint density at radius 3 is 2.95 bits per heavy atom. The molecular weight excluding hydrogens is 236 g/mol. The largest absolute Gasteiger partial charge is 0.385 e. The molecule has 0 saturated heterocycles. The number of fused-ring (bicyclic) bond motifs is 1. The van der Waals surface area contributed by atoms with E-state index in [0.717, 1.165) is 24.0 Å². The molecule has 1 heterocycles. The fraction of sp³-hybridized carbons (Fsp3) is 0.312. The third-order valence-electron chi connectivity index (χ3n) is 3.92. The minimum atomic E-state index is -0.769. The Morgan fingerprint density at radius 2 is 2.16 bits per heavy atom. The average molecular weight is 254 g/mol. The first-order valence-corrected chi connectivity index (χ1v) is 6.60. The number of aryl methyl sites for hydroxylation is 2. The lowest BCUT2D eigenvalue weighted by molar-refractivity contribution is 0.0389. The predicted molar refractivity (Wildman–Crippen MR) is 75.8 cm³/mol. The Morgan fingerprint density at radius 1 is 1.32 bits per heavy atom. The molecular formula is C16H18N2O. The fourth-order valence-electron chi connectivity index (χ4n) is 2.94. The zero-order valence-electron chi connectivity index (χ0n) is 11.1. The molecule has 3 N–H and O–H groups in total. The first-order valence-electron chi connectivity index (χ1n) is 6.60. The van der Waals surface area contributed by atoms with Gasteiger partial charge in [-0.05, 0) is 48.6 Å². The molecule has 1 aliphatic rings. The van der Waals surface area contributed by atoms with Crippen LogP contribution < -0.4 is 5.73 Å². The van der Waals surface area contributed by atoms with E-state index < -0.39 is 5.60 Å². The SMILES string of the molecule is Cc1ccc2c(c1)C(O)(Cc1ccnc(N)c1)CC2. The van der Waals surface area contributed by atoms with E-state index in [0.29, 0.717) is 12.2 Å². The third-order valence-corrected chi connectivity index (χ3v) is 3.92. The van der Waals surface area contributed by atoms with Gasteiger partial charge in [0, 0.05) is 12.6 Å². The lowest BCUT2D eigenvalue weighted by Crippen LogP contribution is -2.25. The number of pyridine rings is 1. The van der Waals surface area contributed by atoms with Gasteiger partial charge in [-0.25, -0.2) is 4.98 Å². The average Bonchev–Trinajstić information content (AvgIpc) is 2.67. The summed E-state index contributed by atoms with van der Waals surface area (Å²) in [5.41, 5.74) is 9.48. The Balaban J connectivity index is 1.96. The van der Waals surface area contributed by atoms with Crippen molar-refractivity contribution in [1.29, 1.82) is 0 Å². The number of rotatable bonds is 2. The Bertz CT molecular complexity index is 624. The summed E-state index contributed by atoms with van der Waals surface area (Å²) in [5.74, 6) is 0.503. The van der Waals surface area contributed by atoms with Crippen LogP contribution in [0.4, 0.5) is 5.82 Å². The molecule has 19 heavy (non-hydrogen) atoms. The molecule has 0 radical (unpaired) electrons. The maximum atomic E-state index is 11.0. The van der Waals surface area contributed by atoms with Crippen molar-refractivity contribution >= 4 is 5.82 Å². The van der Waals surface area contributed by atoms with Crippen molar-refractivity contribution in [2.75, 3.05) is 5.73 Å². The maximum absolute atomic E-state index is 11.0. The normalized spacial score (nSPS) is 21.4. The summed E-state index contributed by atoms with van der Waals surface area (Å²) in [6.07, 6.45) is 4.00. The van der Waals surface area contributed by atoms with E-state index in [1.165, 1.54) is 11.1 Å². The second-order valence-corrected chi connectivity index (χ2v) is 5.46. The van der Waals surface area contributed by atoms with Gasteiger partial charge in [0.05, 0.1) is 5.60 Å². The summed E-state index contributed by atoms with van der Waals surface area (Å²) in [7, 11) is 0. The molecule has 0 saturated carbocycles. The minimum Gasteiger partial charge on any atom is -0.385 e. The summed E-state index contributed by atoms with van der Waals surface area (Å²) < 4.78 is 0. The molecule has 0 aliphatic heterocycles. The monoisotopic (exact) mass is 254 g/mol. The van der Waals surface area contributed by atoms with E-state index in [4.69, 9.17) is 5.73 Å². The Kier molecular flexibility index (Phi) is 2.79. The third kappa shape index (κ3) is 2.22. The lowest BCUT2D eigenvalue weighted by atomic mass is 9.88. The van der Waals surface area contributed by atoms with Crippen LogP contribution >= 0.6 is 0 Å². The van der Waals surface area contributed by atoms with Gasteiger partial charge in [-0.2, -0.15) is 0 Å². The minimum absolute atomic E-state index is 0.503. The van der Waals surface area contributed by atoms with Gasteiger partial charge in [0.1, 0.15) is 5.82 Å². The van der Waals surface area contributed by atoms with E-state index >= 15 is 0 Å². The highest BCUT2D eigenvalue weighted by Crippen LogP contribution is 2.39. The first-order chi connectivity index (χ1) is 9.07. The van der Waals surface area contributed by atoms with Crippen LogP contribution in [0.1, 0.15) is 28.7 Å². The first kappa shape index (κ1) is 12.2. The molecule has 3 nitrogen and oxygen atoms in total. The molecule has 0 fully saturated rings. The summed E-state index contributed by atoms with van der Waals surface area (Å²) in [5, 5.41) is 11.0. The molecule has 1 aliphatic carbocycles. The number of benzene rings is 1. The van der Waals surface area contributed by atoms with Gasteiger partial charge in [0.25, 0.3) is 0 Å². The summed E-state index contributed by atoms with van der Waals surface area (Å²) in [6, 6.07) is 10.1. The van der Waals surface area contributed by atoms with E-state index in [1.54, 1.807) is 6.20 Å². The van der Waals surface area contributed by atoms with Gasteiger partial charge in [0.15, 0.2) is 0 Å². The Hall–Kier alpha value is -1.87. The van der Waals surface area contributed by atoms with Crippen molar-refractivity contribution < 1.29 is 5.11 Å². The van der Waals surface area contributed by atoms with Gasteiger partial charge in [-0.15, -0.1) is 0 Å². The van der Waals surface area contributed by atoms with Crippen molar-refractivity contribution in [3.63, 3.8) is 0 Å². The number of hydrogen-bond donors (Lipinski definition) is 2. The number of nitrogens with zero attached hydrogens (tertiary/aromatic N) is 1. The number of anilines is 1. The molecule has 1 atom stereocenters. The molecule has 98 valence electrons. The highest BCUT2D eigenvalue weighted by molar-refractivity contribution is 5.42. The highest BCUT2D eigenvalue weighted by Gasteiger charge is 2.36. The van der Waals surface area contributed by atoms with Crippen LogP contribution in [0.25, 0.3) is 0 Å². The Labute approximate surface area is 113 Å². The van der Waals surface area contributed by atoms with Crippen LogP contribution in [0.3, 0.4) is 0 Å². The molecule has 0 bridgehead atoms. The van der Waals surface area contributed by atoms with Crippen molar-refractivity contribution in [2.45, 2.75) is 31.8 Å². The van der Waals surface area contributed by atoms with Gasteiger partial charge >= 0.3 is 0 Å². The number of aliphatic hydroxyl groups is 1. The molecule has 1 aromatic carbocycles. The van der Waals surface area contributed by atoms with Crippen LogP contribution in [0, 0.1) is 6.92 Å². The number of hydrogen-bond acceptors (Lipinski definition) is 3. The van der Waals surface area contributed by atoms with Crippen LogP contribution in [0.15, 0.2) is 36.5 Å². The topological polar surface area (TPSA) is 59.1 Å². The molecule has 1 unspecified atom stereocenters. The van der Waals surface area contributed by atoms with Crippen LogP contribution in [0.2, 0.25) is 0 Å². The predicted octanol–water partition coefficient (Wildman–Crippen LogP) is 2.35. The standard InChI is InChI=1S/C16H18N2O/c1-11-2-3-13-4-6-16(19,14(13)8-11)10-12-5-7-18-15(17)9-12/h2-3,5,7-9,19H,4,6,10H2,1H3,(H2,17,18). The van der Waals surface area contributed by atoms with E-state index in [1.807, 2.05) is 12.1 Å². The number of nitrogen functional groups attached to an aromatic ring is 1. The van der Waals surface area contributed by atoms with Gasteiger partial charge in [-0.3, -0.25) is 0 Å². The number of aromatic nitrogens is 1.